The molecule has 0 saturated carbocycles. The lowest BCUT2D eigenvalue weighted by Crippen LogP contribution is -2.34. The fourth-order valence-electron chi connectivity index (χ4n) is 2.79. The Hall–Kier alpha value is -1.36. The van der Waals surface area contributed by atoms with E-state index in [9.17, 15) is 0 Å². The summed E-state index contributed by atoms with van der Waals surface area (Å²) in [4.78, 5) is 6.56. The Kier molecular flexibility index (Phi) is 5.17. The summed E-state index contributed by atoms with van der Waals surface area (Å²) in [5.41, 5.74) is 8.32. The Morgan fingerprint density at radius 3 is 2.70 bits per heavy atom. The van der Waals surface area contributed by atoms with Gasteiger partial charge in [0.15, 0.2) is 0 Å². The molecule has 1 aromatic carbocycles. The first-order chi connectivity index (χ1) is 9.36. The van der Waals surface area contributed by atoms with E-state index in [1.54, 1.807) is 6.20 Å². The van der Waals surface area contributed by atoms with Crippen LogP contribution in [0.1, 0.15) is 18.4 Å². The quantitative estimate of drug-likeness (QED) is 0.940. The van der Waals surface area contributed by atoms with Crippen LogP contribution in [0.25, 0.3) is 5.69 Å². The zero-order valence-electron chi connectivity index (χ0n) is 11.5. The van der Waals surface area contributed by atoms with Gasteiger partial charge in [-0.1, -0.05) is 12.1 Å². The minimum atomic E-state index is 0. The molecule has 0 aliphatic carbocycles. The zero-order valence-corrected chi connectivity index (χ0v) is 12.3. The molecule has 1 unspecified atom stereocenters. The number of nitrogens with two attached hydrogens (primary N) is 1. The van der Waals surface area contributed by atoms with E-state index in [0.29, 0.717) is 6.04 Å². The van der Waals surface area contributed by atoms with Crippen molar-refractivity contribution in [2.24, 2.45) is 5.73 Å². The van der Waals surface area contributed by atoms with Crippen LogP contribution in [0.3, 0.4) is 0 Å². The molecule has 0 spiro atoms. The van der Waals surface area contributed by atoms with Gasteiger partial charge in [-0.15, -0.1) is 12.4 Å². The van der Waals surface area contributed by atoms with Crippen LogP contribution in [0.5, 0.6) is 0 Å². The summed E-state index contributed by atoms with van der Waals surface area (Å²) in [5.74, 6) is 0. The van der Waals surface area contributed by atoms with Crippen LogP contribution in [0.2, 0.25) is 0 Å². The van der Waals surface area contributed by atoms with Crippen molar-refractivity contribution >= 4 is 12.4 Å². The summed E-state index contributed by atoms with van der Waals surface area (Å²) in [5, 5.41) is 0. The molecule has 0 bridgehead atoms. The number of halogens is 1. The maximum atomic E-state index is 5.81. The van der Waals surface area contributed by atoms with Crippen LogP contribution in [-0.2, 0) is 6.54 Å². The molecule has 2 N–H and O–H groups in total. The number of hydrogen-bond donors (Lipinski definition) is 1. The van der Waals surface area contributed by atoms with Crippen LogP contribution in [0, 0.1) is 0 Å². The molecule has 2 heterocycles. The minimum absolute atomic E-state index is 0. The van der Waals surface area contributed by atoms with Crippen molar-refractivity contribution < 1.29 is 0 Å². The molecule has 1 fully saturated rings. The van der Waals surface area contributed by atoms with Crippen molar-refractivity contribution in [2.45, 2.75) is 25.4 Å². The highest BCUT2D eigenvalue weighted by Gasteiger charge is 2.22. The van der Waals surface area contributed by atoms with Crippen LogP contribution in [0.15, 0.2) is 43.0 Å². The van der Waals surface area contributed by atoms with Crippen molar-refractivity contribution in [1.82, 2.24) is 14.5 Å². The van der Waals surface area contributed by atoms with E-state index in [1.165, 1.54) is 24.9 Å². The summed E-state index contributed by atoms with van der Waals surface area (Å²) in [6.07, 6.45) is 8.09. The van der Waals surface area contributed by atoms with Gasteiger partial charge in [-0.2, -0.15) is 0 Å². The van der Waals surface area contributed by atoms with E-state index >= 15 is 0 Å². The summed E-state index contributed by atoms with van der Waals surface area (Å²) in [7, 11) is 0. The number of imidazole rings is 1. The predicted molar refractivity (Wildman–Crippen MR) is 83.3 cm³/mol. The van der Waals surface area contributed by atoms with E-state index in [4.69, 9.17) is 5.73 Å². The lowest BCUT2D eigenvalue weighted by atomic mass is 10.1. The Balaban J connectivity index is 0.00000147. The van der Waals surface area contributed by atoms with Crippen molar-refractivity contribution in [3.63, 3.8) is 0 Å². The number of hydrogen-bond acceptors (Lipinski definition) is 3. The molecule has 5 heteroatoms. The SMILES string of the molecule is Cl.NCC1CCCN1Cc1ccc(-n2ccnc2)cc1. The summed E-state index contributed by atoms with van der Waals surface area (Å²) in [6.45, 7) is 2.95. The Morgan fingerprint density at radius 1 is 1.25 bits per heavy atom. The van der Waals surface area contributed by atoms with E-state index < -0.39 is 0 Å². The fourth-order valence-corrected chi connectivity index (χ4v) is 2.79. The molecule has 108 valence electrons. The normalized spacial score (nSPS) is 18.9. The highest BCUT2D eigenvalue weighted by molar-refractivity contribution is 5.85. The molecule has 1 atom stereocenters. The van der Waals surface area contributed by atoms with Gasteiger partial charge in [0.1, 0.15) is 0 Å². The van der Waals surface area contributed by atoms with Gasteiger partial charge >= 0.3 is 0 Å². The Labute approximate surface area is 126 Å². The highest BCUT2D eigenvalue weighted by atomic mass is 35.5. The molecular formula is C15H21ClN4. The number of rotatable bonds is 4. The van der Waals surface area contributed by atoms with Crippen LogP contribution >= 0.6 is 12.4 Å². The lowest BCUT2D eigenvalue weighted by Gasteiger charge is -2.23. The second kappa shape index (κ2) is 6.88. The fraction of sp³-hybridized carbons (Fsp3) is 0.400. The van der Waals surface area contributed by atoms with Crippen molar-refractivity contribution in [1.29, 1.82) is 0 Å². The van der Waals surface area contributed by atoms with Gasteiger partial charge in [0.2, 0.25) is 0 Å². The molecule has 1 aromatic heterocycles. The molecule has 0 amide bonds. The van der Waals surface area contributed by atoms with E-state index in [2.05, 4.69) is 34.1 Å². The predicted octanol–water partition coefficient (Wildman–Crippen LogP) is 2.22. The summed E-state index contributed by atoms with van der Waals surface area (Å²) >= 11 is 0. The Bertz CT molecular complexity index is 509. The average Bonchev–Trinajstić information content (AvgIpc) is 3.10. The number of likely N-dealkylation sites (tertiary alicyclic amines) is 1. The first-order valence-electron chi connectivity index (χ1n) is 6.88. The average molecular weight is 293 g/mol. The second-order valence-corrected chi connectivity index (χ2v) is 5.14. The van der Waals surface area contributed by atoms with Gasteiger partial charge in [-0.25, -0.2) is 4.98 Å². The molecule has 1 aliphatic heterocycles. The minimum Gasteiger partial charge on any atom is -0.329 e. The van der Waals surface area contributed by atoms with Gasteiger partial charge in [0.25, 0.3) is 0 Å². The monoisotopic (exact) mass is 292 g/mol. The molecule has 2 aromatic rings. The summed E-state index contributed by atoms with van der Waals surface area (Å²) in [6, 6.07) is 9.24. The maximum absolute atomic E-state index is 5.81. The second-order valence-electron chi connectivity index (χ2n) is 5.14. The number of benzene rings is 1. The van der Waals surface area contributed by atoms with Gasteiger partial charge in [0, 0.05) is 37.2 Å². The molecule has 1 saturated heterocycles. The van der Waals surface area contributed by atoms with Gasteiger partial charge in [-0.05, 0) is 37.1 Å². The topological polar surface area (TPSA) is 47.1 Å². The standard InChI is InChI=1S/C15H20N4.ClH/c16-10-15-2-1-8-18(15)11-13-3-5-14(6-4-13)19-9-7-17-12-19;/h3-7,9,12,15H,1-2,8,10-11,16H2;1H. The van der Waals surface area contributed by atoms with E-state index in [-0.39, 0.29) is 12.4 Å². The molecule has 1 aliphatic rings. The van der Waals surface area contributed by atoms with Gasteiger partial charge in [0.05, 0.1) is 6.33 Å². The maximum Gasteiger partial charge on any atom is 0.0991 e. The number of aromatic nitrogens is 2. The largest absolute Gasteiger partial charge is 0.329 e. The van der Waals surface area contributed by atoms with Crippen LogP contribution < -0.4 is 5.73 Å². The molecule has 3 rings (SSSR count). The highest BCUT2D eigenvalue weighted by Crippen LogP contribution is 2.19. The molecule has 20 heavy (non-hydrogen) atoms. The zero-order chi connectivity index (χ0) is 13.1. The first-order valence-corrected chi connectivity index (χ1v) is 6.88. The number of nitrogens with zero attached hydrogens (tertiary/aromatic N) is 3. The third-order valence-electron chi connectivity index (χ3n) is 3.90. The van der Waals surface area contributed by atoms with Crippen molar-refractivity contribution in [3.05, 3.63) is 48.5 Å². The molecule has 0 radical (unpaired) electrons. The molecule has 4 nitrogen and oxygen atoms in total. The lowest BCUT2D eigenvalue weighted by molar-refractivity contribution is 0.250. The Morgan fingerprint density at radius 2 is 2.05 bits per heavy atom. The smallest absolute Gasteiger partial charge is 0.0991 e. The van der Waals surface area contributed by atoms with Crippen molar-refractivity contribution in [2.75, 3.05) is 13.1 Å². The van der Waals surface area contributed by atoms with E-state index in [0.717, 1.165) is 18.8 Å². The summed E-state index contributed by atoms with van der Waals surface area (Å²) < 4.78 is 2.02. The molecular weight excluding hydrogens is 272 g/mol. The van der Waals surface area contributed by atoms with Crippen LogP contribution in [-0.4, -0.2) is 33.6 Å². The third-order valence-corrected chi connectivity index (χ3v) is 3.90. The van der Waals surface area contributed by atoms with Gasteiger partial charge < -0.3 is 10.3 Å². The van der Waals surface area contributed by atoms with Crippen molar-refractivity contribution in [3.8, 4) is 5.69 Å². The third kappa shape index (κ3) is 3.20. The van der Waals surface area contributed by atoms with Gasteiger partial charge in [-0.3, -0.25) is 4.90 Å². The van der Waals surface area contributed by atoms with Crippen LogP contribution in [0.4, 0.5) is 0 Å². The van der Waals surface area contributed by atoms with E-state index in [1.807, 2.05) is 17.1 Å². The first kappa shape index (κ1) is 15.0.